The molecule has 0 heterocycles. The van der Waals surface area contributed by atoms with Gasteiger partial charge in [-0.25, -0.2) is 0 Å². The summed E-state index contributed by atoms with van der Waals surface area (Å²) in [4.78, 5) is 11.5. The van der Waals surface area contributed by atoms with Crippen LogP contribution in [0.15, 0.2) is 36.4 Å². The van der Waals surface area contributed by atoms with Crippen molar-refractivity contribution in [2.24, 2.45) is 0 Å². The van der Waals surface area contributed by atoms with Crippen LogP contribution in [0.3, 0.4) is 0 Å². The first-order valence-electron chi connectivity index (χ1n) is 6.78. The Kier molecular flexibility index (Phi) is 2.22. The van der Waals surface area contributed by atoms with Crippen LogP contribution in [0, 0.1) is 0 Å². The fourth-order valence-electron chi connectivity index (χ4n) is 3.20. The maximum absolute atomic E-state index is 11.5. The van der Waals surface area contributed by atoms with Crippen molar-refractivity contribution in [3.63, 3.8) is 0 Å². The third-order valence-corrected chi connectivity index (χ3v) is 4.14. The Hall–Kier alpha value is -2.15. The fourth-order valence-corrected chi connectivity index (χ4v) is 3.20. The zero-order chi connectivity index (χ0) is 12.8. The van der Waals surface area contributed by atoms with Gasteiger partial charge in [-0.2, -0.15) is 0 Å². The van der Waals surface area contributed by atoms with E-state index in [-0.39, 0.29) is 5.78 Å². The molecule has 92 valence electrons. The Bertz CT molecular complexity index is 763. The van der Waals surface area contributed by atoms with Crippen LogP contribution >= 0.6 is 0 Å². The van der Waals surface area contributed by atoms with E-state index in [1.807, 2.05) is 6.08 Å². The van der Waals surface area contributed by atoms with Crippen molar-refractivity contribution >= 4 is 28.7 Å². The van der Waals surface area contributed by atoms with Crippen molar-refractivity contribution in [2.75, 3.05) is 0 Å². The second-order valence-corrected chi connectivity index (χ2v) is 5.28. The molecule has 2 aromatic carbocycles. The van der Waals surface area contributed by atoms with E-state index < -0.39 is 0 Å². The average Bonchev–Trinajstić information content (AvgIpc) is 2.46. The second kappa shape index (κ2) is 3.92. The molecule has 19 heavy (non-hydrogen) atoms. The molecule has 0 unspecified atom stereocenters. The van der Waals surface area contributed by atoms with Crippen molar-refractivity contribution in [1.82, 2.24) is 0 Å². The highest BCUT2D eigenvalue weighted by atomic mass is 16.1. The molecular weight excluding hydrogens is 232 g/mol. The molecule has 0 amide bonds. The summed E-state index contributed by atoms with van der Waals surface area (Å²) >= 11 is 0. The Morgan fingerprint density at radius 2 is 1.79 bits per heavy atom. The van der Waals surface area contributed by atoms with Crippen molar-refractivity contribution < 1.29 is 4.79 Å². The molecular formula is C18H14O. The van der Waals surface area contributed by atoms with E-state index in [1.165, 1.54) is 27.5 Å². The summed E-state index contributed by atoms with van der Waals surface area (Å²) in [6, 6.07) is 8.72. The van der Waals surface area contributed by atoms with E-state index in [0.717, 1.165) is 18.4 Å². The van der Waals surface area contributed by atoms with Crippen LogP contribution in [0.4, 0.5) is 0 Å². The van der Waals surface area contributed by atoms with Crippen molar-refractivity contribution in [1.29, 1.82) is 0 Å². The lowest BCUT2D eigenvalue weighted by molar-refractivity contribution is -0.114. The zero-order valence-electron chi connectivity index (χ0n) is 10.6. The van der Waals surface area contributed by atoms with Crippen LogP contribution < -0.4 is 0 Å². The Labute approximate surface area is 112 Å². The van der Waals surface area contributed by atoms with Gasteiger partial charge in [0.2, 0.25) is 0 Å². The van der Waals surface area contributed by atoms with Gasteiger partial charge < -0.3 is 0 Å². The molecule has 0 saturated carbocycles. The van der Waals surface area contributed by atoms with Gasteiger partial charge >= 0.3 is 0 Å². The van der Waals surface area contributed by atoms with Gasteiger partial charge in [0.05, 0.1) is 0 Å². The summed E-state index contributed by atoms with van der Waals surface area (Å²) in [5.74, 6) is 0.202. The van der Waals surface area contributed by atoms with Crippen LogP contribution in [0.1, 0.15) is 28.7 Å². The highest BCUT2D eigenvalue weighted by molar-refractivity contribution is 6.04. The maximum Gasteiger partial charge on any atom is 0.160 e. The molecule has 0 radical (unpaired) electrons. The van der Waals surface area contributed by atoms with Gasteiger partial charge in [0.1, 0.15) is 0 Å². The largest absolute Gasteiger partial charge is 0.294 e. The highest BCUT2D eigenvalue weighted by Crippen LogP contribution is 2.33. The van der Waals surface area contributed by atoms with Crippen LogP contribution in [0.2, 0.25) is 0 Å². The monoisotopic (exact) mass is 246 g/mol. The zero-order valence-corrected chi connectivity index (χ0v) is 10.6. The van der Waals surface area contributed by atoms with Crippen LogP contribution in [0.5, 0.6) is 0 Å². The van der Waals surface area contributed by atoms with Gasteiger partial charge in [-0.05, 0) is 51.9 Å². The smallest absolute Gasteiger partial charge is 0.160 e. The van der Waals surface area contributed by atoms with Crippen molar-refractivity contribution in [3.8, 4) is 0 Å². The van der Waals surface area contributed by atoms with Gasteiger partial charge in [0.15, 0.2) is 5.78 Å². The average molecular weight is 246 g/mol. The molecule has 2 aromatic rings. The summed E-state index contributed by atoms with van der Waals surface area (Å²) in [6.07, 6.45) is 10.9. The molecule has 0 saturated heterocycles. The minimum atomic E-state index is 0.202. The van der Waals surface area contributed by atoms with Crippen molar-refractivity contribution in [2.45, 2.75) is 19.3 Å². The van der Waals surface area contributed by atoms with Crippen LogP contribution in [0.25, 0.3) is 22.9 Å². The van der Waals surface area contributed by atoms with E-state index in [9.17, 15) is 4.79 Å². The van der Waals surface area contributed by atoms with Gasteiger partial charge in [-0.1, -0.05) is 42.5 Å². The van der Waals surface area contributed by atoms with E-state index in [2.05, 4.69) is 36.4 Å². The first-order valence-corrected chi connectivity index (χ1v) is 6.78. The number of ketones is 1. The van der Waals surface area contributed by atoms with Crippen LogP contribution in [-0.2, 0) is 17.6 Å². The molecule has 0 spiro atoms. The molecule has 0 fully saturated rings. The normalized spacial score (nSPS) is 16.5. The van der Waals surface area contributed by atoms with Gasteiger partial charge in [-0.3, -0.25) is 4.79 Å². The van der Waals surface area contributed by atoms with Crippen molar-refractivity contribution in [3.05, 3.63) is 58.7 Å². The summed E-state index contributed by atoms with van der Waals surface area (Å²) in [5.41, 5.74) is 5.18. The second-order valence-electron chi connectivity index (χ2n) is 5.28. The highest BCUT2D eigenvalue weighted by Gasteiger charge is 2.16. The first kappa shape index (κ1) is 10.7. The Balaban J connectivity index is 2.06. The number of fused-ring (bicyclic) bond motifs is 5. The molecule has 2 aliphatic carbocycles. The quantitative estimate of drug-likeness (QED) is 0.688. The Morgan fingerprint density at radius 3 is 2.74 bits per heavy atom. The number of allylic oxidation sites excluding steroid dienone is 2. The van der Waals surface area contributed by atoms with E-state index in [4.69, 9.17) is 0 Å². The third-order valence-electron chi connectivity index (χ3n) is 4.14. The summed E-state index contributed by atoms with van der Waals surface area (Å²) in [5, 5.41) is 2.63. The molecule has 0 bridgehead atoms. The molecule has 0 aromatic heterocycles. The Morgan fingerprint density at radius 1 is 0.895 bits per heavy atom. The number of hydrogen-bond donors (Lipinski definition) is 0. The molecule has 0 atom stereocenters. The number of carbonyl (C=O) groups is 1. The van der Waals surface area contributed by atoms with E-state index in [0.29, 0.717) is 6.42 Å². The minimum Gasteiger partial charge on any atom is -0.294 e. The summed E-state index contributed by atoms with van der Waals surface area (Å²) in [7, 11) is 0. The standard InChI is InChI=1S/C18H14O/c19-14-7-10-16-13(11-14)6-9-17-15-4-2-1-3-12(15)5-8-18(16)17/h1,3,5-10H,2,4,11H2. The van der Waals surface area contributed by atoms with Gasteiger partial charge in [0, 0.05) is 6.42 Å². The predicted molar refractivity (Wildman–Crippen MR) is 79.0 cm³/mol. The van der Waals surface area contributed by atoms with E-state index >= 15 is 0 Å². The lowest BCUT2D eigenvalue weighted by Gasteiger charge is -2.18. The topological polar surface area (TPSA) is 17.1 Å². The predicted octanol–water partition coefficient (Wildman–Crippen LogP) is 3.94. The molecule has 0 N–H and O–H groups in total. The maximum atomic E-state index is 11.5. The van der Waals surface area contributed by atoms with E-state index in [1.54, 1.807) is 6.08 Å². The number of aryl methyl sites for hydroxylation is 1. The number of benzene rings is 2. The number of carbonyl (C=O) groups excluding carboxylic acids is 1. The molecule has 1 heteroatoms. The molecule has 2 aliphatic rings. The van der Waals surface area contributed by atoms with Crippen LogP contribution in [-0.4, -0.2) is 5.78 Å². The molecule has 1 nitrogen and oxygen atoms in total. The van der Waals surface area contributed by atoms with Gasteiger partial charge in [-0.15, -0.1) is 0 Å². The lowest BCUT2D eigenvalue weighted by Crippen LogP contribution is -2.06. The number of hydrogen-bond acceptors (Lipinski definition) is 1. The summed E-state index contributed by atoms with van der Waals surface area (Å²) in [6.45, 7) is 0. The molecule has 4 rings (SSSR count). The third kappa shape index (κ3) is 1.58. The number of rotatable bonds is 0. The lowest BCUT2D eigenvalue weighted by atomic mass is 9.86. The molecule has 0 aliphatic heterocycles. The SMILES string of the molecule is O=C1C=Cc2c(ccc3c4c(ccc23)C=CCC4)C1. The first-order chi connectivity index (χ1) is 9.33. The van der Waals surface area contributed by atoms with Gasteiger partial charge in [0.25, 0.3) is 0 Å². The summed E-state index contributed by atoms with van der Waals surface area (Å²) < 4.78 is 0. The minimum absolute atomic E-state index is 0.202. The fraction of sp³-hybridized carbons (Fsp3) is 0.167.